The Kier molecular flexibility index (Phi) is 3.18. The van der Waals surface area contributed by atoms with Crippen molar-refractivity contribution in [3.63, 3.8) is 0 Å². The zero-order chi connectivity index (χ0) is 13.4. The maximum Gasteiger partial charge on any atom is 0.348 e. The van der Waals surface area contributed by atoms with Crippen LogP contribution in [0.25, 0.3) is 5.65 Å². The summed E-state index contributed by atoms with van der Waals surface area (Å²) in [5.74, 6) is 0.795. The maximum atomic E-state index is 11.4. The number of aromatic amines is 1. The van der Waals surface area contributed by atoms with E-state index in [4.69, 9.17) is 11.6 Å². The van der Waals surface area contributed by atoms with Crippen LogP contribution in [0.2, 0.25) is 0 Å². The number of nitrogens with zero attached hydrogens (tertiary/aromatic N) is 4. The molecule has 6 nitrogen and oxygen atoms in total. The largest absolute Gasteiger partial charge is 0.355 e. The van der Waals surface area contributed by atoms with Gasteiger partial charge in [-0.2, -0.15) is 5.10 Å². The first-order valence-electron chi connectivity index (χ1n) is 6.46. The van der Waals surface area contributed by atoms with Gasteiger partial charge in [-0.05, 0) is 12.8 Å². The molecule has 0 bridgehead atoms. The molecule has 0 spiro atoms. The number of aromatic nitrogens is 4. The molecule has 102 valence electrons. The van der Waals surface area contributed by atoms with E-state index in [0.29, 0.717) is 5.65 Å². The van der Waals surface area contributed by atoms with E-state index in [1.807, 2.05) is 7.05 Å². The van der Waals surface area contributed by atoms with Crippen molar-refractivity contribution in [2.45, 2.75) is 37.1 Å². The topological polar surface area (TPSA) is 66.3 Å². The van der Waals surface area contributed by atoms with Crippen LogP contribution in [0.5, 0.6) is 0 Å². The van der Waals surface area contributed by atoms with E-state index in [-0.39, 0.29) is 17.1 Å². The van der Waals surface area contributed by atoms with Crippen molar-refractivity contribution >= 4 is 23.1 Å². The molecule has 1 saturated carbocycles. The average Bonchev–Trinajstić information content (AvgIpc) is 2.80. The molecule has 1 N–H and O–H groups in total. The summed E-state index contributed by atoms with van der Waals surface area (Å²) in [6, 6.07) is 2.09. The summed E-state index contributed by atoms with van der Waals surface area (Å²) in [6.45, 7) is 0. The molecule has 1 aliphatic carbocycles. The lowest BCUT2D eigenvalue weighted by Gasteiger charge is -2.35. The highest BCUT2D eigenvalue weighted by Crippen LogP contribution is 2.28. The molecule has 0 amide bonds. The fraction of sp³-hybridized carbons (Fsp3) is 0.583. The molecule has 19 heavy (non-hydrogen) atoms. The Bertz CT molecular complexity index is 636. The first kappa shape index (κ1) is 12.5. The van der Waals surface area contributed by atoms with E-state index in [2.05, 4.69) is 20.1 Å². The Morgan fingerprint density at radius 2 is 2.26 bits per heavy atom. The molecule has 7 heteroatoms. The zero-order valence-electron chi connectivity index (χ0n) is 10.7. The van der Waals surface area contributed by atoms with Crippen molar-refractivity contribution < 1.29 is 0 Å². The van der Waals surface area contributed by atoms with Crippen LogP contribution in [0, 0.1) is 0 Å². The predicted molar refractivity (Wildman–Crippen MR) is 73.9 cm³/mol. The number of anilines is 1. The highest BCUT2D eigenvalue weighted by Gasteiger charge is 2.27. The van der Waals surface area contributed by atoms with Gasteiger partial charge in [0, 0.05) is 19.2 Å². The van der Waals surface area contributed by atoms with Gasteiger partial charge >= 0.3 is 5.69 Å². The maximum absolute atomic E-state index is 11.4. The Hall–Kier alpha value is -1.56. The van der Waals surface area contributed by atoms with Crippen LogP contribution in [-0.2, 0) is 0 Å². The van der Waals surface area contributed by atoms with E-state index >= 15 is 0 Å². The van der Waals surface area contributed by atoms with Crippen LogP contribution in [0.15, 0.2) is 17.2 Å². The molecule has 2 atom stereocenters. The van der Waals surface area contributed by atoms with Gasteiger partial charge in [0.25, 0.3) is 0 Å². The molecule has 2 aromatic rings. The standard InChI is InChI=1S/C12H16ClN5O/c1-17(9-5-3-2-4-8(9)13)10-6-11-15-16-12(19)18(11)7-14-10/h6-9H,2-5H2,1H3,(H,16,19). The number of H-pyrrole nitrogens is 1. The van der Waals surface area contributed by atoms with Crippen LogP contribution in [0.1, 0.15) is 25.7 Å². The summed E-state index contributed by atoms with van der Waals surface area (Å²) in [4.78, 5) is 17.8. The van der Waals surface area contributed by atoms with Gasteiger partial charge in [0.15, 0.2) is 5.65 Å². The molecule has 0 saturated heterocycles. The van der Waals surface area contributed by atoms with E-state index in [1.165, 1.54) is 23.6 Å². The summed E-state index contributed by atoms with van der Waals surface area (Å²) in [7, 11) is 2.00. The molecule has 2 aromatic heterocycles. The first-order chi connectivity index (χ1) is 9.16. The fourth-order valence-corrected chi connectivity index (χ4v) is 3.11. The lowest BCUT2D eigenvalue weighted by molar-refractivity contribution is 0.432. The van der Waals surface area contributed by atoms with Gasteiger partial charge < -0.3 is 4.90 Å². The SMILES string of the molecule is CN(c1cc2n[nH]c(=O)n2cn1)C1CCCCC1Cl. The second-order valence-corrected chi connectivity index (χ2v) is 5.54. The number of nitrogens with one attached hydrogen (secondary N) is 1. The van der Waals surface area contributed by atoms with Gasteiger partial charge in [-0.3, -0.25) is 0 Å². The van der Waals surface area contributed by atoms with Crippen LogP contribution >= 0.6 is 11.6 Å². The van der Waals surface area contributed by atoms with Crippen molar-refractivity contribution in [1.82, 2.24) is 19.6 Å². The van der Waals surface area contributed by atoms with Crippen molar-refractivity contribution in [1.29, 1.82) is 0 Å². The lowest BCUT2D eigenvalue weighted by Crippen LogP contribution is -2.41. The average molecular weight is 282 g/mol. The highest BCUT2D eigenvalue weighted by molar-refractivity contribution is 6.21. The van der Waals surface area contributed by atoms with Crippen LogP contribution in [-0.4, -0.2) is 38.0 Å². The minimum absolute atomic E-state index is 0.151. The summed E-state index contributed by atoms with van der Waals surface area (Å²) >= 11 is 6.40. The second kappa shape index (κ2) is 4.85. The number of hydrogen-bond donors (Lipinski definition) is 1. The van der Waals surface area contributed by atoms with E-state index in [0.717, 1.165) is 18.7 Å². The quantitative estimate of drug-likeness (QED) is 0.845. The first-order valence-corrected chi connectivity index (χ1v) is 6.90. The summed E-state index contributed by atoms with van der Waals surface area (Å²) in [5, 5.41) is 6.51. The number of rotatable bonds is 2. The van der Waals surface area contributed by atoms with E-state index < -0.39 is 0 Å². The second-order valence-electron chi connectivity index (χ2n) is 4.98. The van der Waals surface area contributed by atoms with Gasteiger partial charge in [-0.25, -0.2) is 19.3 Å². The third-order valence-corrected chi connectivity index (χ3v) is 4.31. The monoisotopic (exact) mass is 281 g/mol. The van der Waals surface area contributed by atoms with Crippen LogP contribution in [0.4, 0.5) is 5.82 Å². The van der Waals surface area contributed by atoms with Gasteiger partial charge in [0.1, 0.15) is 12.1 Å². The molecular formula is C12H16ClN5O. The molecule has 2 unspecified atom stereocenters. The third-order valence-electron chi connectivity index (χ3n) is 3.80. The normalized spacial score (nSPS) is 23.7. The van der Waals surface area contributed by atoms with Crippen molar-refractivity contribution in [3.05, 3.63) is 22.9 Å². The molecule has 0 radical (unpaired) electrons. The van der Waals surface area contributed by atoms with Gasteiger partial charge in [-0.1, -0.05) is 12.8 Å². The van der Waals surface area contributed by atoms with E-state index in [9.17, 15) is 4.79 Å². The number of halogens is 1. The molecule has 1 aliphatic rings. The van der Waals surface area contributed by atoms with Gasteiger partial charge in [-0.15, -0.1) is 11.6 Å². The lowest BCUT2D eigenvalue weighted by atomic mass is 9.94. The molecule has 0 aromatic carbocycles. The Morgan fingerprint density at radius 3 is 3.05 bits per heavy atom. The van der Waals surface area contributed by atoms with Crippen LogP contribution < -0.4 is 10.6 Å². The summed E-state index contributed by atoms with van der Waals surface area (Å²) < 4.78 is 1.39. The van der Waals surface area contributed by atoms with Crippen molar-refractivity contribution in [2.75, 3.05) is 11.9 Å². The molecule has 0 aliphatic heterocycles. The molecule has 2 heterocycles. The third kappa shape index (κ3) is 2.20. The molecule has 1 fully saturated rings. The Labute approximate surface area is 115 Å². The predicted octanol–water partition coefficient (Wildman–Crippen LogP) is 1.40. The summed E-state index contributed by atoms with van der Waals surface area (Å²) in [5.41, 5.74) is 0.299. The summed E-state index contributed by atoms with van der Waals surface area (Å²) in [6.07, 6.45) is 6.01. The Balaban J connectivity index is 1.92. The number of hydrogen-bond acceptors (Lipinski definition) is 4. The van der Waals surface area contributed by atoms with Gasteiger partial charge in [0.2, 0.25) is 0 Å². The highest BCUT2D eigenvalue weighted by atomic mass is 35.5. The van der Waals surface area contributed by atoms with E-state index in [1.54, 1.807) is 6.07 Å². The van der Waals surface area contributed by atoms with Crippen molar-refractivity contribution in [3.8, 4) is 0 Å². The Morgan fingerprint density at radius 1 is 1.47 bits per heavy atom. The van der Waals surface area contributed by atoms with Crippen LogP contribution in [0.3, 0.4) is 0 Å². The number of alkyl halides is 1. The number of fused-ring (bicyclic) bond motifs is 1. The zero-order valence-corrected chi connectivity index (χ0v) is 11.5. The smallest absolute Gasteiger partial charge is 0.348 e. The minimum Gasteiger partial charge on any atom is -0.355 e. The minimum atomic E-state index is -0.274. The van der Waals surface area contributed by atoms with Gasteiger partial charge in [0.05, 0.1) is 5.38 Å². The molecule has 3 rings (SSSR count). The fourth-order valence-electron chi connectivity index (χ4n) is 2.67. The molecular weight excluding hydrogens is 266 g/mol. The van der Waals surface area contributed by atoms with Crippen molar-refractivity contribution in [2.24, 2.45) is 0 Å².